The average molecular weight is 481 g/mol. The molecule has 8 heteroatoms. The van der Waals surface area contributed by atoms with E-state index in [1.165, 1.54) is 19.3 Å². The molecule has 194 valence electrons. The molecule has 1 rings (SSSR count). The Morgan fingerprint density at radius 2 is 1.85 bits per heavy atom. The first-order valence-corrected chi connectivity index (χ1v) is 12.6. The third-order valence-corrected chi connectivity index (χ3v) is 5.98. The summed E-state index contributed by atoms with van der Waals surface area (Å²) < 4.78 is 10.6. The largest absolute Gasteiger partial charge is 0.463 e. The number of hydrogen-bond acceptors (Lipinski definition) is 6. The zero-order chi connectivity index (χ0) is 25.0. The summed E-state index contributed by atoms with van der Waals surface area (Å²) in [6.45, 7) is 8.29. The fraction of sp³-hybridized carbons (Fsp3) is 0.731. The van der Waals surface area contributed by atoms with E-state index < -0.39 is 5.92 Å². The molecule has 2 amide bonds. The number of esters is 1. The highest BCUT2D eigenvalue weighted by Gasteiger charge is 2.26. The van der Waals surface area contributed by atoms with Crippen LogP contribution in [0.25, 0.3) is 0 Å². The van der Waals surface area contributed by atoms with Gasteiger partial charge in [0.1, 0.15) is 6.61 Å². The number of hydrogen-bond donors (Lipinski definition) is 3. The van der Waals surface area contributed by atoms with E-state index in [0.29, 0.717) is 38.3 Å². The molecule has 0 heterocycles. The molecule has 0 aromatic carbocycles. The molecule has 0 radical (unpaired) electrons. The minimum Gasteiger partial charge on any atom is -0.463 e. The topological polar surface area (TPSA) is 114 Å². The van der Waals surface area contributed by atoms with Crippen LogP contribution in [0.15, 0.2) is 25.3 Å². The molecule has 0 aromatic rings. The summed E-state index contributed by atoms with van der Waals surface area (Å²) in [5.74, 6) is -0.788. The zero-order valence-electron chi connectivity index (χ0n) is 20.6. The highest BCUT2D eigenvalue weighted by atomic mass is 16.5. The van der Waals surface area contributed by atoms with E-state index in [2.05, 4.69) is 23.8 Å². The van der Waals surface area contributed by atoms with Crippen molar-refractivity contribution < 1.29 is 29.0 Å². The maximum absolute atomic E-state index is 13.0. The Bertz CT molecular complexity index is 618. The standard InChI is InChI=1S/C26H44N2O6/c1-3-5-7-13-25(31)34-20-23(18-21-11-8-6-9-12-21)28-26(32)22(10-4-2)19-24(30)27-14-16-33-17-15-29/h3-4,21-23,29H,1-2,5-20H2,(H,27,30)(H,28,32)/t22-,23+/m1/s1. The number of amides is 2. The van der Waals surface area contributed by atoms with Crippen LogP contribution in [-0.2, 0) is 23.9 Å². The van der Waals surface area contributed by atoms with Gasteiger partial charge in [-0.1, -0.05) is 44.3 Å². The number of allylic oxidation sites excluding steroid dienone is 2. The van der Waals surface area contributed by atoms with Gasteiger partial charge in [-0.25, -0.2) is 0 Å². The molecule has 2 atom stereocenters. The Hall–Kier alpha value is -2.19. The molecule has 1 aliphatic carbocycles. The van der Waals surface area contributed by atoms with E-state index in [1.54, 1.807) is 12.2 Å². The number of aliphatic hydroxyl groups is 1. The van der Waals surface area contributed by atoms with Crippen molar-refractivity contribution in [1.82, 2.24) is 10.6 Å². The van der Waals surface area contributed by atoms with E-state index in [1.807, 2.05) is 0 Å². The number of aliphatic hydroxyl groups excluding tert-OH is 1. The highest BCUT2D eigenvalue weighted by molar-refractivity contribution is 5.86. The fourth-order valence-electron chi connectivity index (χ4n) is 4.18. The van der Waals surface area contributed by atoms with Crippen LogP contribution in [-0.4, -0.2) is 61.9 Å². The molecular formula is C26H44N2O6. The van der Waals surface area contributed by atoms with Crippen molar-refractivity contribution >= 4 is 17.8 Å². The maximum atomic E-state index is 13.0. The van der Waals surface area contributed by atoms with Crippen molar-refractivity contribution in [2.24, 2.45) is 11.8 Å². The highest BCUT2D eigenvalue weighted by Crippen LogP contribution is 2.27. The van der Waals surface area contributed by atoms with E-state index in [9.17, 15) is 14.4 Å². The number of nitrogens with one attached hydrogen (secondary N) is 2. The molecule has 0 aliphatic heterocycles. The maximum Gasteiger partial charge on any atom is 0.305 e. The van der Waals surface area contributed by atoms with Gasteiger partial charge in [-0.15, -0.1) is 13.2 Å². The molecule has 0 bridgehead atoms. The lowest BCUT2D eigenvalue weighted by molar-refractivity contribution is -0.145. The fourth-order valence-corrected chi connectivity index (χ4v) is 4.18. The summed E-state index contributed by atoms with van der Waals surface area (Å²) >= 11 is 0. The monoisotopic (exact) mass is 480 g/mol. The minimum absolute atomic E-state index is 0.0370. The van der Waals surface area contributed by atoms with Crippen molar-refractivity contribution in [2.45, 2.75) is 76.7 Å². The van der Waals surface area contributed by atoms with Crippen LogP contribution in [0.2, 0.25) is 0 Å². The van der Waals surface area contributed by atoms with Gasteiger partial charge in [0.25, 0.3) is 0 Å². The first-order valence-electron chi connectivity index (χ1n) is 12.6. The number of ether oxygens (including phenoxy) is 2. The zero-order valence-corrected chi connectivity index (χ0v) is 20.6. The Kier molecular flexibility index (Phi) is 16.8. The van der Waals surface area contributed by atoms with Crippen LogP contribution in [0.3, 0.4) is 0 Å². The Balaban J connectivity index is 2.63. The second-order valence-corrected chi connectivity index (χ2v) is 8.92. The predicted octanol–water partition coefficient (Wildman–Crippen LogP) is 3.05. The molecule has 0 unspecified atom stereocenters. The second kappa shape index (κ2) is 19.2. The van der Waals surface area contributed by atoms with Gasteiger partial charge in [0.05, 0.1) is 31.8 Å². The van der Waals surface area contributed by atoms with Crippen LogP contribution >= 0.6 is 0 Å². The average Bonchev–Trinajstić information content (AvgIpc) is 2.83. The number of carbonyl (C=O) groups is 3. The Morgan fingerprint density at radius 1 is 1.09 bits per heavy atom. The van der Waals surface area contributed by atoms with Gasteiger partial charge in [0.2, 0.25) is 11.8 Å². The summed E-state index contributed by atoms with van der Waals surface area (Å²) in [5, 5.41) is 14.5. The van der Waals surface area contributed by atoms with Gasteiger partial charge in [-0.05, 0) is 31.6 Å². The Labute approximate surface area is 204 Å². The lowest BCUT2D eigenvalue weighted by Gasteiger charge is -2.28. The third kappa shape index (κ3) is 14.2. The van der Waals surface area contributed by atoms with Crippen LogP contribution in [0.4, 0.5) is 0 Å². The van der Waals surface area contributed by atoms with E-state index >= 15 is 0 Å². The summed E-state index contributed by atoms with van der Waals surface area (Å²) in [6.07, 6.45) is 12.2. The van der Waals surface area contributed by atoms with Crippen molar-refractivity contribution in [3.05, 3.63) is 25.3 Å². The molecule has 0 saturated heterocycles. The van der Waals surface area contributed by atoms with Crippen LogP contribution in [0, 0.1) is 11.8 Å². The second-order valence-electron chi connectivity index (χ2n) is 8.92. The van der Waals surface area contributed by atoms with E-state index in [0.717, 1.165) is 25.7 Å². The SMILES string of the molecule is C=CCCCC(=O)OC[C@H](CC1CCCCC1)NC(=O)[C@H](CC=C)CC(=O)NCCOCCO. The lowest BCUT2D eigenvalue weighted by atomic mass is 9.84. The van der Waals surface area contributed by atoms with Crippen LogP contribution < -0.4 is 10.6 Å². The predicted molar refractivity (Wildman–Crippen MR) is 132 cm³/mol. The normalized spacial score (nSPS) is 15.7. The molecule has 1 saturated carbocycles. The van der Waals surface area contributed by atoms with Gasteiger partial charge < -0.3 is 25.2 Å². The molecule has 34 heavy (non-hydrogen) atoms. The molecular weight excluding hydrogens is 436 g/mol. The molecule has 8 nitrogen and oxygen atoms in total. The van der Waals surface area contributed by atoms with Crippen molar-refractivity contribution in [1.29, 1.82) is 0 Å². The Morgan fingerprint density at radius 3 is 2.53 bits per heavy atom. The summed E-state index contributed by atoms with van der Waals surface area (Å²) in [7, 11) is 0. The first-order chi connectivity index (χ1) is 16.5. The molecule has 1 aliphatic rings. The van der Waals surface area contributed by atoms with Crippen molar-refractivity contribution in [2.75, 3.05) is 33.0 Å². The van der Waals surface area contributed by atoms with Gasteiger partial charge in [-0.2, -0.15) is 0 Å². The van der Waals surface area contributed by atoms with E-state index in [4.69, 9.17) is 14.6 Å². The molecule has 0 spiro atoms. The summed E-state index contributed by atoms with van der Waals surface area (Å²) in [5.41, 5.74) is 0. The van der Waals surface area contributed by atoms with Crippen LogP contribution in [0.5, 0.6) is 0 Å². The van der Waals surface area contributed by atoms with Gasteiger partial charge in [0, 0.05) is 19.4 Å². The quantitative estimate of drug-likeness (QED) is 0.149. The smallest absolute Gasteiger partial charge is 0.305 e. The van der Waals surface area contributed by atoms with Crippen molar-refractivity contribution in [3.63, 3.8) is 0 Å². The molecule has 3 N–H and O–H groups in total. The number of unbranched alkanes of at least 4 members (excludes halogenated alkanes) is 1. The molecule has 0 aromatic heterocycles. The first kappa shape index (κ1) is 29.8. The minimum atomic E-state index is -0.548. The summed E-state index contributed by atoms with van der Waals surface area (Å²) in [6, 6.07) is -0.277. The lowest BCUT2D eigenvalue weighted by Crippen LogP contribution is -2.44. The third-order valence-electron chi connectivity index (χ3n) is 5.98. The van der Waals surface area contributed by atoms with Crippen LogP contribution in [0.1, 0.15) is 70.6 Å². The van der Waals surface area contributed by atoms with Gasteiger partial charge >= 0.3 is 5.97 Å². The number of rotatable bonds is 19. The van der Waals surface area contributed by atoms with Crippen molar-refractivity contribution in [3.8, 4) is 0 Å². The van der Waals surface area contributed by atoms with E-state index in [-0.39, 0.29) is 50.1 Å². The van der Waals surface area contributed by atoms with Gasteiger partial charge in [-0.3, -0.25) is 14.4 Å². The number of carbonyl (C=O) groups excluding carboxylic acids is 3. The summed E-state index contributed by atoms with van der Waals surface area (Å²) in [4.78, 5) is 37.4. The van der Waals surface area contributed by atoms with Gasteiger partial charge in [0.15, 0.2) is 0 Å². The molecule has 1 fully saturated rings.